The summed E-state index contributed by atoms with van der Waals surface area (Å²) < 4.78 is 13.4. The van der Waals surface area contributed by atoms with Crippen molar-refractivity contribution in [1.82, 2.24) is 20.2 Å². The minimum absolute atomic E-state index is 0.0147. The van der Waals surface area contributed by atoms with Gasteiger partial charge in [-0.05, 0) is 81.9 Å². The molecule has 1 spiro atoms. The first-order chi connectivity index (χ1) is 17.3. The number of benzene rings is 1. The lowest BCUT2D eigenvalue weighted by atomic mass is 9.90. The summed E-state index contributed by atoms with van der Waals surface area (Å²) in [4.78, 5) is 35.0. The Morgan fingerprint density at radius 3 is 2.64 bits per heavy atom. The molecule has 2 aromatic rings. The van der Waals surface area contributed by atoms with Crippen molar-refractivity contribution >= 4 is 11.7 Å². The largest absolute Gasteiger partial charge is 0.347 e. The third-order valence-corrected chi connectivity index (χ3v) is 7.95. The molecule has 1 aromatic heterocycles. The van der Waals surface area contributed by atoms with E-state index in [1.807, 2.05) is 6.92 Å². The number of carbonyl (C=O) groups is 2. The lowest BCUT2D eigenvalue weighted by Crippen LogP contribution is -2.36. The van der Waals surface area contributed by atoms with Crippen LogP contribution < -0.4 is 5.32 Å². The zero-order chi connectivity index (χ0) is 25.7. The van der Waals surface area contributed by atoms with Crippen LogP contribution in [0.3, 0.4) is 0 Å². The Balaban J connectivity index is 1.49. The maximum Gasteiger partial charge on any atom is 0.224 e. The van der Waals surface area contributed by atoms with Crippen molar-refractivity contribution in [3.8, 4) is 17.5 Å². The summed E-state index contributed by atoms with van der Waals surface area (Å²) in [6.45, 7) is 3.91. The number of nitrogens with one attached hydrogen (secondary N) is 2. The van der Waals surface area contributed by atoms with Crippen molar-refractivity contribution in [1.29, 1.82) is 5.26 Å². The Morgan fingerprint density at radius 2 is 1.97 bits per heavy atom. The molecule has 2 atom stereocenters. The van der Waals surface area contributed by atoms with Gasteiger partial charge in [-0.15, -0.1) is 0 Å². The van der Waals surface area contributed by atoms with E-state index in [1.165, 1.54) is 12.1 Å². The number of halogens is 1. The Bertz CT molecular complexity index is 1110. The molecule has 7 nitrogen and oxygen atoms in total. The molecule has 192 valence electrons. The Kier molecular flexibility index (Phi) is 8.20. The number of rotatable bonds is 11. The standard InChI is InChI=1S/C28H36FN5O2/c1-3-21(35)7-5-4-6-8-23(32-27(36)22-17-28(22)13-15-34(2)16-14-28)25-24(18-30)31-26(33-25)19-9-11-20(29)12-10-19/h9-12,22-23H,3-8,13-17H2,1-2H3,(H,31,33)(H,32,36)/t22-,23+/m1/s1. The molecule has 2 aliphatic rings. The molecule has 1 aliphatic heterocycles. The van der Waals surface area contributed by atoms with E-state index in [0.717, 1.165) is 51.6 Å². The topological polar surface area (TPSA) is 102 Å². The fourth-order valence-electron chi connectivity index (χ4n) is 5.39. The van der Waals surface area contributed by atoms with Crippen LogP contribution in [0.25, 0.3) is 11.4 Å². The van der Waals surface area contributed by atoms with E-state index in [9.17, 15) is 19.2 Å². The molecular formula is C28H36FN5O2. The Labute approximate surface area is 212 Å². The number of piperidine rings is 1. The maximum absolute atomic E-state index is 13.4. The average molecular weight is 494 g/mol. The molecule has 4 rings (SSSR count). The lowest BCUT2D eigenvalue weighted by molar-refractivity contribution is -0.124. The first-order valence-electron chi connectivity index (χ1n) is 13.1. The van der Waals surface area contributed by atoms with Crippen LogP contribution in [0.15, 0.2) is 24.3 Å². The third-order valence-electron chi connectivity index (χ3n) is 7.95. The maximum atomic E-state index is 13.4. The van der Waals surface area contributed by atoms with E-state index >= 15 is 0 Å². The fourth-order valence-corrected chi connectivity index (χ4v) is 5.39. The number of likely N-dealkylation sites (tertiary alicyclic amines) is 1. The van der Waals surface area contributed by atoms with Gasteiger partial charge in [0.1, 0.15) is 23.5 Å². The van der Waals surface area contributed by atoms with Crippen molar-refractivity contribution in [3.05, 3.63) is 41.5 Å². The Morgan fingerprint density at radius 1 is 1.25 bits per heavy atom. The van der Waals surface area contributed by atoms with Gasteiger partial charge in [0.2, 0.25) is 5.91 Å². The van der Waals surface area contributed by atoms with Crippen LogP contribution in [0.5, 0.6) is 0 Å². The van der Waals surface area contributed by atoms with Crippen molar-refractivity contribution in [3.63, 3.8) is 0 Å². The first kappa shape index (κ1) is 26.0. The number of Topliss-reactive ketones (excluding diaryl/α,β-unsaturated/α-hetero) is 1. The van der Waals surface area contributed by atoms with Gasteiger partial charge in [0.15, 0.2) is 5.69 Å². The quantitative estimate of drug-likeness (QED) is 0.433. The fraction of sp³-hybridized carbons (Fsp3) is 0.571. The summed E-state index contributed by atoms with van der Waals surface area (Å²) in [7, 11) is 2.12. The second kappa shape index (κ2) is 11.3. The summed E-state index contributed by atoms with van der Waals surface area (Å²) >= 11 is 0. The third kappa shape index (κ3) is 6.01. The number of nitrogens with zero attached hydrogens (tertiary/aromatic N) is 3. The van der Waals surface area contributed by atoms with E-state index in [0.29, 0.717) is 36.3 Å². The smallest absolute Gasteiger partial charge is 0.224 e. The SMILES string of the molecule is CCC(=O)CCCCC[C@H](NC(=O)[C@H]1CC12CCN(C)CC2)c1[nH]c(-c2ccc(F)cc2)nc1C#N. The number of nitriles is 1. The highest BCUT2D eigenvalue weighted by Crippen LogP contribution is 2.59. The summed E-state index contributed by atoms with van der Waals surface area (Å²) in [6, 6.07) is 7.73. The number of aromatic nitrogens is 2. The van der Waals surface area contributed by atoms with E-state index in [2.05, 4.69) is 33.3 Å². The average Bonchev–Trinajstić information content (AvgIpc) is 3.42. The predicted molar refractivity (Wildman–Crippen MR) is 135 cm³/mol. The van der Waals surface area contributed by atoms with E-state index in [4.69, 9.17) is 0 Å². The number of aromatic amines is 1. The van der Waals surface area contributed by atoms with Crippen LogP contribution in [0.4, 0.5) is 4.39 Å². The zero-order valence-corrected chi connectivity index (χ0v) is 21.3. The van der Waals surface area contributed by atoms with Crippen molar-refractivity contribution in [2.75, 3.05) is 20.1 Å². The van der Waals surface area contributed by atoms with Crippen LogP contribution in [0.1, 0.15) is 82.1 Å². The molecule has 2 N–H and O–H groups in total. The number of carbonyl (C=O) groups excluding carboxylic acids is 2. The molecule has 1 aromatic carbocycles. The second-order valence-electron chi connectivity index (χ2n) is 10.4. The van der Waals surface area contributed by atoms with Crippen LogP contribution in [0.2, 0.25) is 0 Å². The van der Waals surface area contributed by atoms with E-state index in [-0.39, 0.29) is 40.6 Å². The number of unbranched alkanes of at least 4 members (excludes halogenated alkanes) is 2. The van der Waals surface area contributed by atoms with Gasteiger partial charge in [0.25, 0.3) is 0 Å². The van der Waals surface area contributed by atoms with Crippen LogP contribution in [-0.4, -0.2) is 46.7 Å². The Hall–Kier alpha value is -3.05. The number of imidazole rings is 1. The number of hydrogen-bond donors (Lipinski definition) is 2. The van der Waals surface area contributed by atoms with Gasteiger partial charge in [-0.2, -0.15) is 5.26 Å². The van der Waals surface area contributed by atoms with Crippen LogP contribution in [0, 0.1) is 28.5 Å². The summed E-state index contributed by atoms with van der Waals surface area (Å²) in [5.41, 5.74) is 1.63. The molecule has 2 heterocycles. The molecule has 1 amide bonds. The van der Waals surface area contributed by atoms with Gasteiger partial charge in [-0.1, -0.05) is 19.8 Å². The van der Waals surface area contributed by atoms with Gasteiger partial charge in [-0.3, -0.25) is 9.59 Å². The molecule has 2 fully saturated rings. The molecule has 1 saturated carbocycles. The minimum Gasteiger partial charge on any atom is -0.347 e. The number of ketones is 1. The molecule has 8 heteroatoms. The molecule has 0 bridgehead atoms. The molecule has 0 radical (unpaired) electrons. The van der Waals surface area contributed by atoms with Gasteiger partial charge >= 0.3 is 0 Å². The summed E-state index contributed by atoms with van der Waals surface area (Å²) in [5, 5.41) is 13.0. The molecular weight excluding hydrogens is 457 g/mol. The molecule has 36 heavy (non-hydrogen) atoms. The number of H-pyrrole nitrogens is 1. The van der Waals surface area contributed by atoms with E-state index in [1.54, 1.807) is 12.1 Å². The summed E-state index contributed by atoms with van der Waals surface area (Å²) in [6.07, 6.45) is 7.30. The van der Waals surface area contributed by atoms with Gasteiger partial charge < -0.3 is 15.2 Å². The van der Waals surface area contributed by atoms with Gasteiger partial charge in [-0.25, -0.2) is 9.37 Å². The van der Waals surface area contributed by atoms with Crippen LogP contribution >= 0.6 is 0 Å². The normalized spacial score (nSPS) is 19.6. The van der Waals surface area contributed by atoms with Crippen molar-refractivity contribution in [2.24, 2.45) is 11.3 Å². The van der Waals surface area contributed by atoms with Gasteiger partial charge in [0, 0.05) is 24.3 Å². The predicted octanol–water partition coefficient (Wildman–Crippen LogP) is 4.91. The highest BCUT2D eigenvalue weighted by atomic mass is 19.1. The van der Waals surface area contributed by atoms with Crippen molar-refractivity contribution < 1.29 is 14.0 Å². The summed E-state index contributed by atoms with van der Waals surface area (Å²) in [5.74, 6) is 0.465. The minimum atomic E-state index is -0.375. The number of amides is 1. The molecule has 1 saturated heterocycles. The van der Waals surface area contributed by atoms with Gasteiger partial charge in [0.05, 0.1) is 11.7 Å². The highest BCUT2D eigenvalue weighted by molar-refractivity contribution is 5.83. The molecule has 0 unspecified atom stereocenters. The lowest BCUT2D eigenvalue weighted by Gasteiger charge is -2.30. The zero-order valence-electron chi connectivity index (χ0n) is 21.3. The second-order valence-corrected chi connectivity index (χ2v) is 10.4. The molecule has 1 aliphatic carbocycles. The van der Waals surface area contributed by atoms with E-state index < -0.39 is 0 Å². The number of hydrogen-bond acceptors (Lipinski definition) is 5. The highest BCUT2D eigenvalue weighted by Gasteiger charge is 2.58. The first-order valence-corrected chi connectivity index (χ1v) is 13.1. The monoisotopic (exact) mass is 493 g/mol. The van der Waals surface area contributed by atoms with Crippen LogP contribution in [-0.2, 0) is 9.59 Å². The van der Waals surface area contributed by atoms with Crippen molar-refractivity contribution in [2.45, 2.75) is 70.8 Å².